The molecule has 5 nitrogen and oxygen atoms in total. The molecule has 0 bridgehead atoms. The number of sulfonamides is 1. The van der Waals surface area contributed by atoms with Gasteiger partial charge in [0.2, 0.25) is 10.0 Å². The van der Waals surface area contributed by atoms with Crippen molar-refractivity contribution in [2.24, 2.45) is 0 Å². The molecule has 20 heavy (non-hydrogen) atoms. The van der Waals surface area contributed by atoms with Gasteiger partial charge in [-0.1, -0.05) is 18.2 Å². The molecule has 1 atom stereocenters. The second-order valence-corrected chi connectivity index (χ2v) is 7.29. The second kappa shape index (κ2) is 5.71. The summed E-state index contributed by atoms with van der Waals surface area (Å²) < 4.78 is 32.3. The molecule has 1 unspecified atom stereocenters. The van der Waals surface area contributed by atoms with Crippen molar-refractivity contribution in [2.75, 3.05) is 18.9 Å². The van der Waals surface area contributed by atoms with Gasteiger partial charge in [-0.25, -0.2) is 13.1 Å². The predicted octanol–water partition coefficient (Wildman–Crippen LogP) is 1.18. The highest BCUT2D eigenvalue weighted by molar-refractivity contribution is 7.89. The lowest BCUT2D eigenvalue weighted by Crippen LogP contribution is -2.32. The van der Waals surface area contributed by atoms with Crippen LogP contribution in [0.15, 0.2) is 24.3 Å². The fraction of sp³-hybridized carbons (Fsp3) is 0.571. The molecule has 1 heterocycles. The van der Waals surface area contributed by atoms with Crippen LogP contribution in [-0.4, -0.2) is 33.4 Å². The number of fused-ring (bicyclic) bond motifs is 1. The number of rotatable bonds is 7. The Labute approximate surface area is 119 Å². The van der Waals surface area contributed by atoms with E-state index in [1.807, 2.05) is 24.3 Å². The van der Waals surface area contributed by atoms with Crippen molar-refractivity contribution in [3.63, 3.8) is 0 Å². The predicted molar refractivity (Wildman–Crippen MR) is 77.2 cm³/mol. The third-order valence-corrected chi connectivity index (χ3v) is 5.09. The molecule has 1 aromatic carbocycles. The van der Waals surface area contributed by atoms with E-state index in [0.29, 0.717) is 19.1 Å². The number of hydrogen-bond donors (Lipinski definition) is 2. The zero-order valence-corrected chi connectivity index (χ0v) is 12.2. The SMILES string of the molecule is O=S(=O)(CCCNC1CC1)NC1COc2ccccc21. The zero-order valence-electron chi connectivity index (χ0n) is 11.3. The molecule has 0 aromatic heterocycles. The minimum atomic E-state index is -3.26. The fourth-order valence-corrected chi connectivity index (χ4v) is 3.66. The highest BCUT2D eigenvalue weighted by Gasteiger charge is 2.27. The Morgan fingerprint density at radius 2 is 2.05 bits per heavy atom. The van der Waals surface area contributed by atoms with Crippen LogP contribution < -0.4 is 14.8 Å². The van der Waals surface area contributed by atoms with Crippen LogP contribution in [0, 0.1) is 0 Å². The van der Waals surface area contributed by atoms with E-state index in [0.717, 1.165) is 17.9 Å². The summed E-state index contributed by atoms with van der Waals surface area (Å²) in [6.07, 6.45) is 3.09. The number of hydrogen-bond acceptors (Lipinski definition) is 4. The minimum absolute atomic E-state index is 0.158. The van der Waals surface area contributed by atoms with Gasteiger partial charge in [-0.05, 0) is 31.9 Å². The summed E-state index contributed by atoms with van der Waals surface area (Å²) >= 11 is 0. The molecule has 3 rings (SSSR count). The van der Waals surface area contributed by atoms with Crippen molar-refractivity contribution in [1.29, 1.82) is 0 Å². The monoisotopic (exact) mass is 296 g/mol. The minimum Gasteiger partial charge on any atom is -0.491 e. The summed E-state index contributed by atoms with van der Waals surface area (Å²) in [4.78, 5) is 0. The van der Waals surface area contributed by atoms with E-state index < -0.39 is 10.0 Å². The maximum atomic E-state index is 12.1. The van der Waals surface area contributed by atoms with Gasteiger partial charge in [-0.3, -0.25) is 0 Å². The van der Waals surface area contributed by atoms with Crippen molar-refractivity contribution >= 4 is 10.0 Å². The van der Waals surface area contributed by atoms with Gasteiger partial charge < -0.3 is 10.1 Å². The van der Waals surface area contributed by atoms with E-state index in [2.05, 4.69) is 10.0 Å². The molecular weight excluding hydrogens is 276 g/mol. The number of benzene rings is 1. The highest BCUT2D eigenvalue weighted by atomic mass is 32.2. The van der Waals surface area contributed by atoms with Crippen LogP contribution in [0.4, 0.5) is 0 Å². The molecule has 1 aromatic rings. The van der Waals surface area contributed by atoms with Crippen LogP contribution in [0.1, 0.15) is 30.9 Å². The number of ether oxygens (including phenoxy) is 1. The summed E-state index contributed by atoms with van der Waals surface area (Å²) in [5.74, 6) is 0.932. The highest BCUT2D eigenvalue weighted by Crippen LogP contribution is 2.32. The van der Waals surface area contributed by atoms with Crippen molar-refractivity contribution in [3.8, 4) is 5.75 Å². The lowest BCUT2D eigenvalue weighted by molar-refractivity contribution is 0.325. The third-order valence-electron chi connectivity index (χ3n) is 3.62. The largest absolute Gasteiger partial charge is 0.491 e. The Morgan fingerprint density at radius 3 is 2.85 bits per heavy atom. The van der Waals surface area contributed by atoms with Gasteiger partial charge in [0.1, 0.15) is 12.4 Å². The van der Waals surface area contributed by atoms with Gasteiger partial charge in [-0.15, -0.1) is 0 Å². The first-order chi connectivity index (χ1) is 9.64. The maximum Gasteiger partial charge on any atom is 0.212 e. The average molecular weight is 296 g/mol. The van der Waals surface area contributed by atoms with Gasteiger partial charge in [-0.2, -0.15) is 0 Å². The molecule has 0 radical (unpaired) electrons. The van der Waals surface area contributed by atoms with E-state index >= 15 is 0 Å². The van der Waals surface area contributed by atoms with E-state index in [9.17, 15) is 8.42 Å². The Hall–Kier alpha value is -1.11. The van der Waals surface area contributed by atoms with Crippen LogP contribution in [0.25, 0.3) is 0 Å². The second-order valence-electron chi connectivity index (χ2n) is 5.42. The lowest BCUT2D eigenvalue weighted by atomic mass is 10.1. The molecule has 1 saturated carbocycles. The molecule has 0 amide bonds. The molecule has 110 valence electrons. The van der Waals surface area contributed by atoms with Gasteiger partial charge >= 0.3 is 0 Å². The molecule has 0 saturated heterocycles. The molecular formula is C14H20N2O3S. The van der Waals surface area contributed by atoms with E-state index in [4.69, 9.17) is 4.74 Å². The zero-order chi connectivity index (χ0) is 14.0. The Balaban J connectivity index is 1.51. The summed E-state index contributed by atoms with van der Waals surface area (Å²) in [6, 6.07) is 7.93. The standard InChI is InChI=1S/C14H20N2O3S/c17-20(18,9-3-8-15-11-6-7-11)16-13-10-19-14-5-2-1-4-12(13)14/h1-2,4-5,11,13,15-16H,3,6-10H2. The van der Waals surface area contributed by atoms with E-state index in [1.165, 1.54) is 12.8 Å². The van der Waals surface area contributed by atoms with E-state index in [1.54, 1.807) is 0 Å². The lowest BCUT2D eigenvalue weighted by Gasteiger charge is -2.12. The van der Waals surface area contributed by atoms with Crippen LogP contribution in [0.5, 0.6) is 5.75 Å². The Kier molecular flexibility index (Phi) is 3.96. The van der Waals surface area contributed by atoms with Gasteiger partial charge in [0, 0.05) is 11.6 Å². The maximum absolute atomic E-state index is 12.1. The van der Waals surface area contributed by atoms with Crippen molar-refractivity contribution in [3.05, 3.63) is 29.8 Å². The average Bonchev–Trinajstić information content (AvgIpc) is 3.17. The molecule has 1 aliphatic heterocycles. The third kappa shape index (κ3) is 3.50. The van der Waals surface area contributed by atoms with Gasteiger partial charge in [0.05, 0.1) is 11.8 Å². The molecule has 2 N–H and O–H groups in total. The molecule has 2 aliphatic rings. The first kappa shape index (κ1) is 13.9. The summed E-state index contributed by atoms with van der Waals surface area (Å²) in [7, 11) is -3.26. The van der Waals surface area contributed by atoms with Gasteiger partial charge in [0.25, 0.3) is 0 Å². The van der Waals surface area contributed by atoms with Crippen LogP contribution in [0.2, 0.25) is 0 Å². The smallest absolute Gasteiger partial charge is 0.212 e. The van der Waals surface area contributed by atoms with Crippen molar-refractivity contribution in [1.82, 2.24) is 10.0 Å². The van der Waals surface area contributed by atoms with Crippen LogP contribution in [0.3, 0.4) is 0 Å². The topological polar surface area (TPSA) is 67.4 Å². The molecule has 6 heteroatoms. The molecule has 1 aliphatic carbocycles. The first-order valence-corrected chi connectivity index (χ1v) is 8.74. The summed E-state index contributed by atoms with van der Waals surface area (Å²) in [6.45, 7) is 1.14. The normalized spacial score (nSPS) is 21.5. The first-order valence-electron chi connectivity index (χ1n) is 7.09. The number of nitrogens with one attached hydrogen (secondary N) is 2. The fourth-order valence-electron chi connectivity index (χ4n) is 2.39. The van der Waals surface area contributed by atoms with Gasteiger partial charge in [0.15, 0.2) is 0 Å². The van der Waals surface area contributed by atoms with E-state index in [-0.39, 0.29) is 11.8 Å². The Morgan fingerprint density at radius 1 is 1.25 bits per heavy atom. The Bertz CT molecular complexity index is 570. The summed E-state index contributed by atoms with van der Waals surface area (Å²) in [5.41, 5.74) is 0.923. The molecule has 1 fully saturated rings. The van der Waals surface area contributed by atoms with Crippen molar-refractivity contribution < 1.29 is 13.2 Å². The summed E-state index contributed by atoms with van der Waals surface area (Å²) in [5, 5.41) is 3.32. The molecule has 0 spiro atoms. The van der Waals surface area contributed by atoms with Crippen LogP contribution >= 0.6 is 0 Å². The van der Waals surface area contributed by atoms with Crippen LogP contribution in [-0.2, 0) is 10.0 Å². The number of para-hydroxylation sites is 1. The quantitative estimate of drug-likeness (QED) is 0.742. The van der Waals surface area contributed by atoms with Crippen molar-refractivity contribution in [2.45, 2.75) is 31.3 Å².